The largest absolute Gasteiger partial charge is 0.346 e. The van der Waals surface area contributed by atoms with Gasteiger partial charge < -0.3 is 9.80 Å². The molecular weight excluding hydrogens is 264 g/mol. The van der Waals surface area contributed by atoms with Crippen molar-refractivity contribution in [1.29, 1.82) is 0 Å². The van der Waals surface area contributed by atoms with Crippen LogP contribution in [0.4, 0.5) is 0 Å². The molecule has 1 heterocycles. The van der Waals surface area contributed by atoms with Gasteiger partial charge in [0, 0.05) is 26.6 Å². The second kappa shape index (κ2) is 6.29. The lowest BCUT2D eigenvalue weighted by atomic mass is 9.90. The van der Waals surface area contributed by atoms with Crippen LogP contribution in [0.3, 0.4) is 0 Å². The first kappa shape index (κ1) is 15.5. The standard InChI is InChI=1S/C17H24N2O2/c1-5-18(4)17(21)14-11-15(20)19(6-2)16(14)13-10-8-7-9-12(13)3/h7-10,14,16H,5-6,11H2,1-4H3/t14-,16+/m1/s1. The summed E-state index contributed by atoms with van der Waals surface area (Å²) in [4.78, 5) is 28.5. The molecule has 0 saturated carbocycles. The Morgan fingerprint density at radius 3 is 2.57 bits per heavy atom. The molecule has 2 amide bonds. The molecule has 1 aliphatic heterocycles. The molecule has 2 atom stereocenters. The number of hydrogen-bond acceptors (Lipinski definition) is 2. The molecule has 21 heavy (non-hydrogen) atoms. The van der Waals surface area contributed by atoms with Crippen LogP contribution >= 0.6 is 0 Å². The summed E-state index contributed by atoms with van der Waals surface area (Å²) in [5, 5.41) is 0. The van der Waals surface area contributed by atoms with Gasteiger partial charge in [0.25, 0.3) is 0 Å². The van der Waals surface area contributed by atoms with Gasteiger partial charge in [-0.3, -0.25) is 9.59 Å². The summed E-state index contributed by atoms with van der Waals surface area (Å²) >= 11 is 0. The lowest BCUT2D eigenvalue weighted by molar-refractivity contribution is -0.135. The molecule has 1 saturated heterocycles. The molecule has 0 aliphatic carbocycles. The fraction of sp³-hybridized carbons (Fsp3) is 0.529. The van der Waals surface area contributed by atoms with Crippen LogP contribution in [0.15, 0.2) is 24.3 Å². The van der Waals surface area contributed by atoms with E-state index in [9.17, 15) is 9.59 Å². The van der Waals surface area contributed by atoms with Crippen molar-refractivity contribution in [3.05, 3.63) is 35.4 Å². The van der Waals surface area contributed by atoms with Gasteiger partial charge in [-0.15, -0.1) is 0 Å². The maximum absolute atomic E-state index is 12.6. The highest BCUT2D eigenvalue weighted by atomic mass is 16.2. The van der Waals surface area contributed by atoms with Gasteiger partial charge >= 0.3 is 0 Å². The first-order chi connectivity index (χ1) is 10.0. The van der Waals surface area contributed by atoms with Crippen molar-refractivity contribution in [2.75, 3.05) is 20.1 Å². The van der Waals surface area contributed by atoms with E-state index in [1.807, 2.05) is 49.9 Å². The van der Waals surface area contributed by atoms with Gasteiger partial charge in [-0.2, -0.15) is 0 Å². The average Bonchev–Trinajstić information content (AvgIpc) is 2.82. The summed E-state index contributed by atoms with van der Waals surface area (Å²) in [6.07, 6.45) is 0.315. The van der Waals surface area contributed by atoms with Crippen molar-refractivity contribution < 1.29 is 9.59 Å². The number of nitrogens with zero attached hydrogens (tertiary/aromatic N) is 2. The Labute approximate surface area is 126 Å². The van der Waals surface area contributed by atoms with Crippen LogP contribution in [0.25, 0.3) is 0 Å². The van der Waals surface area contributed by atoms with Gasteiger partial charge in [0.2, 0.25) is 11.8 Å². The zero-order valence-electron chi connectivity index (χ0n) is 13.3. The maximum atomic E-state index is 12.6. The van der Waals surface area contributed by atoms with E-state index in [1.165, 1.54) is 0 Å². The maximum Gasteiger partial charge on any atom is 0.228 e. The third-order valence-corrected chi connectivity index (χ3v) is 4.45. The van der Waals surface area contributed by atoms with Crippen LogP contribution in [-0.2, 0) is 9.59 Å². The molecule has 1 aromatic rings. The van der Waals surface area contributed by atoms with Crippen LogP contribution < -0.4 is 0 Å². The first-order valence-electron chi connectivity index (χ1n) is 7.61. The molecule has 0 aromatic heterocycles. The van der Waals surface area contributed by atoms with Crippen molar-refractivity contribution in [2.45, 2.75) is 33.2 Å². The molecule has 4 heteroatoms. The number of hydrogen-bond donors (Lipinski definition) is 0. The average molecular weight is 288 g/mol. The van der Waals surface area contributed by atoms with Crippen molar-refractivity contribution in [3.8, 4) is 0 Å². The molecule has 4 nitrogen and oxygen atoms in total. The van der Waals surface area contributed by atoms with Gasteiger partial charge in [0.15, 0.2) is 0 Å². The van der Waals surface area contributed by atoms with Gasteiger partial charge in [0.1, 0.15) is 0 Å². The highest BCUT2D eigenvalue weighted by Gasteiger charge is 2.44. The monoisotopic (exact) mass is 288 g/mol. The SMILES string of the molecule is CCN(C)C(=O)[C@@H]1CC(=O)N(CC)[C@H]1c1ccccc1C. The van der Waals surface area contributed by atoms with Crippen LogP contribution in [0.1, 0.15) is 37.4 Å². The molecule has 1 fully saturated rings. The molecule has 1 aliphatic rings. The van der Waals surface area contributed by atoms with Gasteiger partial charge in [0.05, 0.1) is 12.0 Å². The Bertz CT molecular complexity index is 541. The Kier molecular flexibility index (Phi) is 4.66. The van der Waals surface area contributed by atoms with Gasteiger partial charge in [-0.05, 0) is 31.9 Å². The highest BCUT2D eigenvalue weighted by molar-refractivity contribution is 5.90. The van der Waals surface area contributed by atoms with E-state index in [0.717, 1.165) is 11.1 Å². The minimum absolute atomic E-state index is 0.0649. The predicted octanol–water partition coefficient (Wildman–Crippen LogP) is 2.38. The van der Waals surface area contributed by atoms with E-state index in [-0.39, 0.29) is 23.8 Å². The smallest absolute Gasteiger partial charge is 0.228 e. The molecule has 0 radical (unpaired) electrons. The summed E-state index contributed by atoms with van der Waals surface area (Å²) in [5.41, 5.74) is 2.22. The number of carbonyl (C=O) groups excluding carboxylic acids is 2. The van der Waals surface area contributed by atoms with Crippen molar-refractivity contribution in [3.63, 3.8) is 0 Å². The summed E-state index contributed by atoms with van der Waals surface area (Å²) in [6, 6.07) is 7.90. The topological polar surface area (TPSA) is 40.6 Å². The van der Waals surface area contributed by atoms with Crippen LogP contribution in [-0.4, -0.2) is 41.8 Å². The number of benzene rings is 1. The molecule has 2 rings (SSSR count). The molecule has 0 unspecified atom stereocenters. The van der Waals surface area contributed by atoms with E-state index < -0.39 is 0 Å². The summed E-state index contributed by atoms with van der Waals surface area (Å²) < 4.78 is 0. The molecule has 0 spiro atoms. The highest BCUT2D eigenvalue weighted by Crippen LogP contribution is 2.40. The van der Waals surface area contributed by atoms with E-state index in [2.05, 4.69) is 0 Å². The quantitative estimate of drug-likeness (QED) is 0.853. The minimum atomic E-state index is -0.275. The zero-order chi connectivity index (χ0) is 15.6. The third kappa shape index (κ3) is 2.80. The second-order valence-corrected chi connectivity index (χ2v) is 5.64. The molecule has 114 valence electrons. The molecular formula is C17H24N2O2. The van der Waals surface area contributed by atoms with Crippen LogP contribution in [0.2, 0.25) is 0 Å². The number of amides is 2. The van der Waals surface area contributed by atoms with Crippen LogP contribution in [0, 0.1) is 12.8 Å². The molecule has 0 N–H and O–H groups in total. The van der Waals surface area contributed by atoms with Crippen LogP contribution in [0.5, 0.6) is 0 Å². The Morgan fingerprint density at radius 2 is 2.00 bits per heavy atom. The number of aryl methyl sites for hydroxylation is 1. The molecule has 1 aromatic carbocycles. The predicted molar refractivity (Wildman–Crippen MR) is 82.7 cm³/mol. The summed E-state index contributed by atoms with van der Waals surface area (Å²) in [7, 11) is 1.80. The summed E-state index contributed by atoms with van der Waals surface area (Å²) in [5.74, 6) is -0.132. The van der Waals surface area contributed by atoms with Gasteiger partial charge in [-0.25, -0.2) is 0 Å². The molecule has 0 bridgehead atoms. The van der Waals surface area contributed by atoms with E-state index in [1.54, 1.807) is 11.9 Å². The number of rotatable bonds is 4. The normalized spacial score (nSPS) is 21.7. The summed E-state index contributed by atoms with van der Waals surface area (Å²) in [6.45, 7) is 7.26. The van der Waals surface area contributed by atoms with Crippen molar-refractivity contribution in [2.24, 2.45) is 5.92 Å². The number of likely N-dealkylation sites (tertiary alicyclic amines) is 1. The minimum Gasteiger partial charge on any atom is -0.346 e. The van der Waals surface area contributed by atoms with E-state index in [4.69, 9.17) is 0 Å². The fourth-order valence-electron chi connectivity index (χ4n) is 3.13. The Hall–Kier alpha value is -1.84. The Balaban J connectivity index is 2.43. The first-order valence-corrected chi connectivity index (χ1v) is 7.61. The lowest BCUT2D eigenvalue weighted by Gasteiger charge is -2.30. The van der Waals surface area contributed by atoms with E-state index >= 15 is 0 Å². The number of carbonyl (C=O) groups is 2. The van der Waals surface area contributed by atoms with Crippen molar-refractivity contribution in [1.82, 2.24) is 9.80 Å². The third-order valence-electron chi connectivity index (χ3n) is 4.45. The van der Waals surface area contributed by atoms with Gasteiger partial charge in [-0.1, -0.05) is 24.3 Å². The Morgan fingerprint density at radius 1 is 1.33 bits per heavy atom. The van der Waals surface area contributed by atoms with Crippen molar-refractivity contribution >= 4 is 11.8 Å². The van der Waals surface area contributed by atoms with E-state index in [0.29, 0.717) is 19.5 Å². The lowest BCUT2D eigenvalue weighted by Crippen LogP contribution is -2.37. The zero-order valence-corrected chi connectivity index (χ0v) is 13.3. The second-order valence-electron chi connectivity index (χ2n) is 5.64. The fourth-order valence-corrected chi connectivity index (χ4v) is 3.13.